The van der Waals surface area contributed by atoms with Crippen LogP contribution in [0, 0.1) is 23.2 Å². The lowest BCUT2D eigenvalue weighted by molar-refractivity contribution is -0.137. The van der Waals surface area contributed by atoms with Crippen molar-refractivity contribution in [3.05, 3.63) is 108 Å². The highest BCUT2D eigenvalue weighted by atomic mass is 33.1. The van der Waals surface area contributed by atoms with Crippen LogP contribution in [0.4, 0.5) is 0 Å². The lowest BCUT2D eigenvalue weighted by Gasteiger charge is -2.29. The highest BCUT2D eigenvalue weighted by Gasteiger charge is 2.39. The minimum atomic E-state index is -1.87. The number of aromatic amines is 2. The summed E-state index contributed by atoms with van der Waals surface area (Å²) in [6, 6.07) is 4.75. The maximum Gasteiger partial charge on any atom is 0.245 e. The van der Waals surface area contributed by atoms with Gasteiger partial charge in [0, 0.05) is 71.5 Å². The van der Waals surface area contributed by atoms with Crippen LogP contribution in [0.1, 0.15) is 103 Å². The van der Waals surface area contributed by atoms with Gasteiger partial charge in [0.1, 0.15) is 66.5 Å². The molecule has 36 nitrogen and oxygen atoms in total. The van der Waals surface area contributed by atoms with Crippen LogP contribution in [0.25, 0.3) is 21.8 Å². The zero-order valence-electron chi connectivity index (χ0n) is 63.5. The molecule has 3 aromatic carbocycles. The van der Waals surface area contributed by atoms with Crippen molar-refractivity contribution in [2.75, 3.05) is 37.7 Å². The Morgan fingerprint density at radius 3 is 1.47 bits per heavy atom. The number of unbranched alkanes of at least 4 members (excludes halogenated alkanes) is 1. The standard InChI is InChI=1S/C74H107N21O15S2/c1-7-40(6)61-73(110)91-55(35-96)64(101)84-34-58(98)85-49(25-17-27-81-74(79)80)65(102)90-54(31-57(77)97)67(104)89-53(30-43-33-83-48-23-14-12-21-45(43)48)70(107)93-59(38(2)3)71(108)86-50(24-15-16-26-75)66(103)88-52(29-42-32-82-47-22-13-11-20-44(42)47)69(106)94-60(39(4)5)72(109)92-56(62(78)99)37-112-111-36-46(76)63(100)87-51(68(105)95-61)28-41-18-9-8-10-19-41/h8-14,18-23,32-33,38-40,46,49-56,59-61,82-83,96H,7,15-17,24-31,34-37,75-76H2,1-6H3,(H2,77,97)(H2,78,99)(H,84,101)(H,85,98)(H,86,108)(H,87,100)(H,88,103)(H,89,104)(H,90,102)(H,91,110)(H,92,109)(H,93,107)(H,94,106)(H,95,105)(H4,79,80,81)/t40-,46-,49-,50-,51-,52-,53-,54-,55-,56-,59-,60-,61-/m0/s1. The summed E-state index contributed by atoms with van der Waals surface area (Å²) in [5.41, 5.74) is 32.4. The number of guanidine groups is 1. The number of fused-ring (bicyclic) bond motifs is 2. The highest BCUT2D eigenvalue weighted by Crippen LogP contribution is 2.25. The van der Waals surface area contributed by atoms with Gasteiger partial charge in [0.25, 0.3) is 0 Å². The Labute approximate surface area is 656 Å². The Morgan fingerprint density at radius 1 is 0.509 bits per heavy atom. The van der Waals surface area contributed by atoms with E-state index < -0.39 is 198 Å². The van der Waals surface area contributed by atoms with Gasteiger partial charge in [0.15, 0.2) is 5.96 Å². The lowest BCUT2D eigenvalue weighted by Crippen LogP contribution is -2.62. The molecule has 0 spiro atoms. The number of rotatable bonds is 22. The summed E-state index contributed by atoms with van der Waals surface area (Å²) < 4.78 is 0. The number of aliphatic hydroxyl groups is 1. The molecule has 27 N–H and O–H groups in total. The third kappa shape index (κ3) is 27.9. The number of H-pyrrole nitrogens is 2. The molecule has 13 atom stereocenters. The molecule has 3 heterocycles. The fraction of sp³-hybridized carbons (Fsp3) is 0.500. The van der Waals surface area contributed by atoms with E-state index in [0.29, 0.717) is 44.9 Å². The van der Waals surface area contributed by atoms with Crippen LogP contribution in [0.3, 0.4) is 0 Å². The molecular formula is C74H107N21O15S2. The van der Waals surface area contributed by atoms with Gasteiger partial charge in [-0.3, -0.25) is 72.5 Å². The third-order valence-corrected chi connectivity index (χ3v) is 21.2. The predicted molar refractivity (Wildman–Crippen MR) is 423 cm³/mol. The van der Waals surface area contributed by atoms with E-state index in [1.165, 1.54) is 0 Å². The van der Waals surface area contributed by atoms with E-state index in [1.54, 1.807) is 133 Å². The first-order valence-corrected chi connectivity index (χ1v) is 39.5. The van der Waals surface area contributed by atoms with Gasteiger partial charge < -0.3 is 113 Å². The number of aliphatic hydroxyl groups excluding tert-OH is 1. The van der Waals surface area contributed by atoms with Crippen molar-refractivity contribution in [1.82, 2.24) is 79.1 Å². The summed E-state index contributed by atoms with van der Waals surface area (Å²) in [4.78, 5) is 206. The maximum atomic E-state index is 15.1. The minimum absolute atomic E-state index is 0.0148. The second kappa shape index (κ2) is 44.9. The maximum absolute atomic E-state index is 15.1. The number of nitrogens with one attached hydrogen (secondary N) is 16. The zero-order chi connectivity index (χ0) is 82.3. The number of amides is 14. The van der Waals surface area contributed by atoms with Crippen LogP contribution >= 0.6 is 21.6 Å². The van der Waals surface area contributed by atoms with E-state index in [2.05, 4.69) is 79.1 Å². The molecule has 0 unspecified atom stereocenters. The monoisotopic (exact) mass is 1590 g/mol. The zero-order valence-corrected chi connectivity index (χ0v) is 65.1. The Balaban J connectivity index is 1.39. The molecular weight excluding hydrogens is 1490 g/mol. The molecule has 112 heavy (non-hydrogen) atoms. The minimum Gasteiger partial charge on any atom is -0.394 e. The van der Waals surface area contributed by atoms with Gasteiger partial charge in [-0.15, -0.1) is 0 Å². The topological polar surface area (TPSA) is 601 Å². The first kappa shape index (κ1) is 90.1. The van der Waals surface area contributed by atoms with Crippen LogP contribution in [-0.4, -0.2) is 214 Å². The van der Waals surface area contributed by atoms with Crippen LogP contribution < -0.4 is 97.8 Å². The molecule has 0 bridgehead atoms. The molecule has 0 radical (unpaired) electrons. The summed E-state index contributed by atoms with van der Waals surface area (Å²) in [6.45, 7) is 8.07. The second-order valence-corrected chi connectivity index (χ2v) is 30.7. The average Bonchev–Trinajstić information content (AvgIpc) is 1.63. The van der Waals surface area contributed by atoms with Crippen molar-refractivity contribution < 1.29 is 72.2 Å². The third-order valence-electron chi connectivity index (χ3n) is 18.7. The number of hydrogen-bond donors (Lipinski definition) is 22. The number of aromatic nitrogens is 2. The van der Waals surface area contributed by atoms with Gasteiger partial charge in [-0.1, -0.05) is 136 Å². The Bertz CT molecular complexity index is 4110. The molecule has 14 amide bonds. The Kier molecular flexibility index (Phi) is 36.1. The molecule has 6 rings (SSSR count). The molecule has 38 heteroatoms. The smallest absolute Gasteiger partial charge is 0.245 e. The highest BCUT2D eigenvalue weighted by molar-refractivity contribution is 8.76. The summed E-state index contributed by atoms with van der Waals surface area (Å²) >= 11 is 0. The lowest BCUT2D eigenvalue weighted by atomic mass is 9.96. The number of benzene rings is 3. The average molecular weight is 1590 g/mol. The van der Waals surface area contributed by atoms with Crippen molar-refractivity contribution >= 4 is 132 Å². The van der Waals surface area contributed by atoms with E-state index in [4.69, 9.17) is 34.1 Å². The first-order valence-electron chi connectivity index (χ1n) is 37.0. The number of carbonyl (C=O) groups excluding carboxylic acids is 14. The quantitative estimate of drug-likeness (QED) is 0.0142. The SMILES string of the molecule is CC[C@H](C)[C@@H]1NC(=O)[C@H](Cc2ccccc2)NC(=O)[C@@H](N)CSSC[C@@H](C(N)=O)NC(=O)[C@H](C(C)C)NC(=O)[C@H](Cc2c[nH]c3ccccc23)NC(=O)[C@H](CCCCN)NC(=O)[C@H](C(C)C)NC(=O)[C@H](Cc2c[nH]c3ccccc23)NC(=O)[C@H](CC(N)=O)NC(=O)[C@H](CCCNC(=N)N)NC(=O)CNC(=O)[C@H](CO)NC1=O. The van der Waals surface area contributed by atoms with Gasteiger partial charge in [0.05, 0.1) is 25.6 Å². The van der Waals surface area contributed by atoms with Gasteiger partial charge in [-0.05, 0) is 85.2 Å². The van der Waals surface area contributed by atoms with Gasteiger partial charge >= 0.3 is 0 Å². The molecule has 2 aromatic heterocycles. The summed E-state index contributed by atoms with van der Waals surface area (Å²) in [7, 11) is 2.05. The van der Waals surface area contributed by atoms with E-state index in [9.17, 15) is 67.4 Å². The number of primary amides is 2. The molecule has 0 saturated carbocycles. The van der Waals surface area contributed by atoms with Crippen molar-refractivity contribution in [2.45, 2.75) is 178 Å². The van der Waals surface area contributed by atoms with E-state index >= 15 is 4.79 Å². The fourth-order valence-corrected chi connectivity index (χ4v) is 14.4. The number of nitrogens with two attached hydrogens (primary N) is 5. The normalized spacial score (nSPS) is 24.0. The van der Waals surface area contributed by atoms with Crippen molar-refractivity contribution in [1.29, 1.82) is 5.41 Å². The van der Waals surface area contributed by atoms with Crippen molar-refractivity contribution in [3.8, 4) is 0 Å². The summed E-state index contributed by atoms with van der Waals surface area (Å²) in [5.74, 6) is -16.2. The van der Waals surface area contributed by atoms with Crippen molar-refractivity contribution in [3.63, 3.8) is 0 Å². The van der Waals surface area contributed by atoms with Gasteiger partial charge in [-0.2, -0.15) is 0 Å². The van der Waals surface area contributed by atoms with Crippen LogP contribution in [0.5, 0.6) is 0 Å². The van der Waals surface area contributed by atoms with E-state index in [0.717, 1.165) is 21.6 Å². The van der Waals surface area contributed by atoms with Crippen LogP contribution in [-0.2, 0) is 86.4 Å². The fourth-order valence-electron chi connectivity index (χ4n) is 12.1. The Morgan fingerprint density at radius 2 is 0.955 bits per heavy atom. The predicted octanol–water partition coefficient (Wildman–Crippen LogP) is -3.05. The molecule has 1 aliphatic rings. The molecule has 1 saturated heterocycles. The first-order chi connectivity index (χ1) is 53.3. The molecule has 1 aliphatic heterocycles. The van der Waals surface area contributed by atoms with Gasteiger partial charge in [0.2, 0.25) is 82.7 Å². The van der Waals surface area contributed by atoms with Crippen molar-refractivity contribution in [2.24, 2.45) is 46.4 Å². The largest absolute Gasteiger partial charge is 0.394 e. The van der Waals surface area contributed by atoms with E-state index in [-0.39, 0.29) is 76.0 Å². The number of para-hydroxylation sites is 2. The van der Waals surface area contributed by atoms with Crippen LogP contribution in [0.2, 0.25) is 0 Å². The van der Waals surface area contributed by atoms with Gasteiger partial charge in [-0.25, -0.2) is 0 Å². The molecule has 5 aromatic rings. The molecule has 0 aliphatic carbocycles. The van der Waals surface area contributed by atoms with E-state index in [1.807, 2.05) is 0 Å². The number of hydrogen-bond acceptors (Lipinski definition) is 20. The number of carbonyl (C=O) groups is 14. The molecule has 610 valence electrons. The van der Waals surface area contributed by atoms with Crippen LogP contribution in [0.15, 0.2) is 91.3 Å². The second-order valence-electron chi connectivity index (χ2n) is 28.1. The summed E-state index contributed by atoms with van der Waals surface area (Å²) in [5, 5.41) is 53.3. The Hall–Kier alpha value is -10.8. The summed E-state index contributed by atoms with van der Waals surface area (Å²) in [6.07, 6.45) is 2.48. The molecule has 1 fully saturated rings.